The van der Waals surface area contributed by atoms with Gasteiger partial charge >= 0.3 is 0 Å². The Morgan fingerprint density at radius 3 is 2.94 bits per heavy atom. The molecular formula is C10H13N3O2S. The van der Waals surface area contributed by atoms with Crippen molar-refractivity contribution in [1.82, 2.24) is 10.2 Å². The number of hydrogen-bond acceptors (Lipinski definition) is 5. The summed E-state index contributed by atoms with van der Waals surface area (Å²) in [6.45, 7) is 1.21. The zero-order valence-corrected chi connectivity index (χ0v) is 9.63. The fourth-order valence-electron chi connectivity index (χ4n) is 1.73. The van der Waals surface area contributed by atoms with Crippen LogP contribution in [0.3, 0.4) is 0 Å². The molecule has 1 aliphatic heterocycles. The predicted molar refractivity (Wildman–Crippen MR) is 59.4 cm³/mol. The van der Waals surface area contributed by atoms with Gasteiger partial charge in [0.25, 0.3) is 0 Å². The maximum atomic E-state index is 11.8. The molecule has 1 unspecified atom stereocenters. The third-order valence-electron chi connectivity index (χ3n) is 2.90. The summed E-state index contributed by atoms with van der Waals surface area (Å²) in [5.41, 5.74) is 0. The van der Waals surface area contributed by atoms with Gasteiger partial charge in [0.1, 0.15) is 5.01 Å². The quantitative estimate of drug-likeness (QED) is 0.865. The summed E-state index contributed by atoms with van der Waals surface area (Å²) in [7, 11) is 0. The number of aromatic nitrogens is 2. The van der Waals surface area contributed by atoms with Gasteiger partial charge in [-0.1, -0.05) is 11.3 Å². The molecule has 1 saturated carbocycles. The SMILES string of the molecule is O=C(Nc1nnc(C2CC2)s1)C1CCOC1. The summed E-state index contributed by atoms with van der Waals surface area (Å²) < 4.78 is 5.18. The second-order valence-corrected chi connectivity index (χ2v) is 5.28. The highest BCUT2D eigenvalue weighted by atomic mass is 32.1. The highest BCUT2D eigenvalue weighted by molar-refractivity contribution is 7.15. The van der Waals surface area contributed by atoms with Crippen LogP contribution in [-0.4, -0.2) is 29.3 Å². The van der Waals surface area contributed by atoms with Gasteiger partial charge in [-0.05, 0) is 19.3 Å². The van der Waals surface area contributed by atoms with E-state index in [2.05, 4.69) is 15.5 Å². The molecule has 0 radical (unpaired) electrons. The fraction of sp³-hybridized carbons (Fsp3) is 0.700. The largest absolute Gasteiger partial charge is 0.381 e. The van der Waals surface area contributed by atoms with Crippen LogP contribution in [0.15, 0.2) is 0 Å². The zero-order chi connectivity index (χ0) is 11.0. The minimum atomic E-state index is -0.0201. The zero-order valence-electron chi connectivity index (χ0n) is 8.81. The number of ether oxygens (including phenoxy) is 1. The molecule has 5 nitrogen and oxygen atoms in total. The van der Waals surface area contributed by atoms with Crippen LogP contribution < -0.4 is 5.32 Å². The number of carbonyl (C=O) groups excluding carboxylic acids is 1. The average molecular weight is 239 g/mol. The Labute approximate surface area is 97.2 Å². The van der Waals surface area contributed by atoms with Crippen molar-refractivity contribution in [1.29, 1.82) is 0 Å². The first-order valence-electron chi connectivity index (χ1n) is 5.55. The summed E-state index contributed by atoms with van der Waals surface area (Å²) in [5.74, 6) is 0.585. The van der Waals surface area contributed by atoms with Gasteiger partial charge in [-0.2, -0.15) is 0 Å². The summed E-state index contributed by atoms with van der Waals surface area (Å²) in [5, 5.41) is 12.6. The van der Waals surface area contributed by atoms with Crippen molar-refractivity contribution >= 4 is 22.4 Å². The van der Waals surface area contributed by atoms with Crippen LogP contribution in [0.4, 0.5) is 5.13 Å². The lowest BCUT2D eigenvalue weighted by molar-refractivity contribution is -0.119. The molecule has 16 heavy (non-hydrogen) atoms. The number of rotatable bonds is 3. The van der Waals surface area contributed by atoms with Gasteiger partial charge in [-0.3, -0.25) is 4.79 Å². The molecule has 1 aromatic heterocycles. The number of hydrogen-bond donors (Lipinski definition) is 1. The molecule has 0 bridgehead atoms. The van der Waals surface area contributed by atoms with Crippen molar-refractivity contribution in [2.75, 3.05) is 18.5 Å². The average Bonchev–Trinajstić information content (AvgIpc) is 2.82. The Bertz CT molecular complexity index is 397. The first kappa shape index (κ1) is 10.2. The van der Waals surface area contributed by atoms with Crippen molar-refractivity contribution in [2.45, 2.75) is 25.2 Å². The van der Waals surface area contributed by atoms with Crippen LogP contribution in [0.5, 0.6) is 0 Å². The Hall–Kier alpha value is -1.01. The number of nitrogens with zero attached hydrogens (tertiary/aromatic N) is 2. The highest BCUT2D eigenvalue weighted by Crippen LogP contribution is 2.42. The maximum absolute atomic E-state index is 11.8. The second-order valence-electron chi connectivity index (χ2n) is 4.27. The minimum absolute atomic E-state index is 0.0102. The van der Waals surface area contributed by atoms with E-state index in [-0.39, 0.29) is 11.8 Å². The number of anilines is 1. The van der Waals surface area contributed by atoms with Crippen molar-refractivity contribution in [2.24, 2.45) is 5.92 Å². The molecule has 2 fully saturated rings. The van der Waals surface area contributed by atoms with Gasteiger partial charge < -0.3 is 10.1 Å². The van der Waals surface area contributed by atoms with Gasteiger partial charge in [-0.15, -0.1) is 10.2 Å². The molecule has 6 heteroatoms. The van der Waals surface area contributed by atoms with Crippen molar-refractivity contribution in [3.05, 3.63) is 5.01 Å². The van der Waals surface area contributed by atoms with E-state index in [0.717, 1.165) is 11.4 Å². The smallest absolute Gasteiger partial charge is 0.231 e. The van der Waals surface area contributed by atoms with E-state index in [4.69, 9.17) is 4.74 Å². The van der Waals surface area contributed by atoms with Crippen LogP contribution >= 0.6 is 11.3 Å². The topological polar surface area (TPSA) is 64.1 Å². The van der Waals surface area contributed by atoms with E-state index in [1.54, 1.807) is 0 Å². The standard InChI is InChI=1S/C10H13N3O2S/c14-8(7-3-4-15-5-7)11-10-13-12-9(16-10)6-1-2-6/h6-7H,1-5H2,(H,11,13,14). The summed E-state index contributed by atoms with van der Waals surface area (Å²) in [4.78, 5) is 11.8. The Kier molecular flexibility index (Phi) is 2.61. The van der Waals surface area contributed by atoms with Crippen LogP contribution in [0.1, 0.15) is 30.2 Å². The second kappa shape index (κ2) is 4.10. The van der Waals surface area contributed by atoms with E-state index in [1.807, 2.05) is 0 Å². The van der Waals surface area contributed by atoms with Crippen LogP contribution in [-0.2, 0) is 9.53 Å². The number of amides is 1. The van der Waals surface area contributed by atoms with Crippen molar-refractivity contribution < 1.29 is 9.53 Å². The van der Waals surface area contributed by atoms with Crippen LogP contribution in [0.25, 0.3) is 0 Å². The Morgan fingerprint density at radius 2 is 2.25 bits per heavy atom. The van der Waals surface area contributed by atoms with Crippen molar-refractivity contribution in [3.8, 4) is 0 Å². The molecule has 0 spiro atoms. The van der Waals surface area contributed by atoms with Gasteiger partial charge in [0.15, 0.2) is 0 Å². The van der Waals surface area contributed by atoms with E-state index in [0.29, 0.717) is 24.3 Å². The molecule has 1 aromatic rings. The molecular weight excluding hydrogens is 226 g/mol. The Balaban J connectivity index is 1.61. The van der Waals surface area contributed by atoms with E-state index in [9.17, 15) is 4.79 Å². The van der Waals surface area contributed by atoms with Crippen LogP contribution in [0, 0.1) is 5.92 Å². The molecule has 3 rings (SSSR count). The third kappa shape index (κ3) is 2.08. The van der Waals surface area contributed by atoms with Gasteiger partial charge in [0.05, 0.1) is 12.5 Å². The summed E-state index contributed by atoms with van der Waals surface area (Å²) >= 11 is 1.50. The highest BCUT2D eigenvalue weighted by Gasteiger charge is 2.29. The van der Waals surface area contributed by atoms with Crippen molar-refractivity contribution in [3.63, 3.8) is 0 Å². The molecule has 1 saturated heterocycles. The third-order valence-corrected chi connectivity index (χ3v) is 3.90. The molecule has 86 valence electrons. The molecule has 0 aromatic carbocycles. The molecule has 2 heterocycles. The predicted octanol–water partition coefficient (Wildman–Crippen LogP) is 1.39. The van der Waals surface area contributed by atoms with Gasteiger partial charge in [0, 0.05) is 12.5 Å². The normalized spacial score (nSPS) is 24.6. The van der Waals surface area contributed by atoms with Gasteiger partial charge in [-0.25, -0.2) is 0 Å². The molecule has 1 aliphatic carbocycles. The lowest BCUT2D eigenvalue weighted by Gasteiger charge is -2.05. The monoisotopic (exact) mass is 239 g/mol. The molecule has 1 atom stereocenters. The van der Waals surface area contributed by atoms with E-state index < -0.39 is 0 Å². The van der Waals surface area contributed by atoms with E-state index in [1.165, 1.54) is 24.2 Å². The summed E-state index contributed by atoms with van der Waals surface area (Å²) in [6.07, 6.45) is 3.22. The lowest BCUT2D eigenvalue weighted by Crippen LogP contribution is -2.22. The number of carbonyl (C=O) groups is 1. The molecule has 1 N–H and O–H groups in total. The molecule has 1 amide bonds. The maximum Gasteiger partial charge on any atom is 0.231 e. The van der Waals surface area contributed by atoms with Gasteiger partial charge in [0.2, 0.25) is 11.0 Å². The van der Waals surface area contributed by atoms with Crippen LogP contribution in [0.2, 0.25) is 0 Å². The molecule has 2 aliphatic rings. The Morgan fingerprint density at radius 1 is 1.38 bits per heavy atom. The minimum Gasteiger partial charge on any atom is -0.381 e. The van der Waals surface area contributed by atoms with E-state index >= 15 is 0 Å². The fourth-order valence-corrected chi connectivity index (χ4v) is 2.64. The first-order chi connectivity index (χ1) is 7.83. The summed E-state index contributed by atoms with van der Waals surface area (Å²) in [6, 6.07) is 0. The first-order valence-corrected chi connectivity index (χ1v) is 6.36. The lowest BCUT2D eigenvalue weighted by atomic mass is 10.1. The number of nitrogens with one attached hydrogen (secondary N) is 1.